The molecule has 0 saturated carbocycles. The molecule has 5 nitrogen and oxygen atoms in total. The van der Waals surface area contributed by atoms with Gasteiger partial charge in [0.25, 0.3) is 0 Å². The van der Waals surface area contributed by atoms with E-state index in [0.29, 0.717) is 12.0 Å². The maximum atomic E-state index is 10.1. The van der Waals surface area contributed by atoms with E-state index in [9.17, 15) is 5.11 Å². The van der Waals surface area contributed by atoms with Crippen LogP contribution in [0.5, 0.6) is 0 Å². The highest BCUT2D eigenvalue weighted by Crippen LogP contribution is 2.38. The number of nitrogens with zero attached hydrogens (tertiary/aromatic N) is 3. The SMILES string of the molecule is CC(C)CN1C[C@@H]2C[C@@H](O)CN2C2(C1)CN(CCCO)C2. The fourth-order valence-corrected chi connectivity index (χ4v) is 4.69. The molecule has 1 spiro atoms. The molecule has 3 heterocycles. The normalized spacial score (nSPS) is 33.6. The largest absolute Gasteiger partial charge is 0.396 e. The lowest BCUT2D eigenvalue weighted by molar-refractivity contribution is -0.115. The van der Waals surface area contributed by atoms with Crippen LogP contribution in [0, 0.1) is 5.92 Å². The monoisotopic (exact) mass is 297 g/mol. The van der Waals surface area contributed by atoms with Gasteiger partial charge in [-0.05, 0) is 18.8 Å². The van der Waals surface area contributed by atoms with E-state index in [4.69, 9.17) is 5.11 Å². The molecule has 3 aliphatic rings. The molecular formula is C16H31N3O2. The van der Waals surface area contributed by atoms with Crippen molar-refractivity contribution in [1.29, 1.82) is 0 Å². The van der Waals surface area contributed by atoms with Gasteiger partial charge in [-0.25, -0.2) is 0 Å². The first-order chi connectivity index (χ1) is 10.0. The average molecular weight is 297 g/mol. The van der Waals surface area contributed by atoms with E-state index < -0.39 is 0 Å². The van der Waals surface area contributed by atoms with Crippen LogP contribution in [0.4, 0.5) is 0 Å². The van der Waals surface area contributed by atoms with Crippen molar-refractivity contribution < 1.29 is 10.2 Å². The van der Waals surface area contributed by atoms with Crippen LogP contribution in [0.1, 0.15) is 26.7 Å². The van der Waals surface area contributed by atoms with Gasteiger partial charge in [0.2, 0.25) is 0 Å². The van der Waals surface area contributed by atoms with E-state index in [1.54, 1.807) is 0 Å². The van der Waals surface area contributed by atoms with E-state index in [0.717, 1.165) is 52.1 Å². The second-order valence-corrected chi connectivity index (χ2v) is 7.80. The van der Waals surface area contributed by atoms with Crippen LogP contribution in [-0.4, -0.2) is 95.0 Å². The van der Waals surface area contributed by atoms with Gasteiger partial charge in [0.05, 0.1) is 11.6 Å². The summed E-state index contributed by atoms with van der Waals surface area (Å²) in [5, 5.41) is 19.1. The molecule has 3 saturated heterocycles. The Morgan fingerprint density at radius 1 is 1.14 bits per heavy atom. The van der Waals surface area contributed by atoms with Crippen LogP contribution in [0.2, 0.25) is 0 Å². The Hall–Kier alpha value is -0.200. The highest BCUT2D eigenvalue weighted by molar-refractivity contribution is 5.13. The summed E-state index contributed by atoms with van der Waals surface area (Å²) in [7, 11) is 0. The van der Waals surface area contributed by atoms with Crippen LogP contribution in [0.25, 0.3) is 0 Å². The van der Waals surface area contributed by atoms with E-state index in [2.05, 4.69) is 28.5 Å². The number of rotatable bonds is 5. The van der Waals surface area contributed by atoms with Crippen LogP contribution in [0.3, 0.4) is 0 Å². The number of hydrogen-bond acceptors (Lipinski definition) is 5. The molecule has 2 atom stereocenters. The summed E-state index contributed by atoms with van der Waals surface area (Å²) in [5.74, 6) is 0.700. The zero-order valence-corrected chi connectivity index (χ0v) is 13.5. The zero-order chi connectivity index (χ0) is 15.0. The molecule has 0 aromatic rings. The summed E-state index contributed by atoms with van der Waals surface area (Å²) < 4.78 is 0. The van der Waals surface area contributed by atoms with Gasteiger partial charge in [-0.3, -0.25) is 14.7 Å². The molecule has 0 radical (unpaired) electrons. The third-order valence-corrected chi connectivity index (χ3v) is 5.28. The second kappa shape index (κ2) is 6.13. The van der Waals surface area contributed by atoms with Gasteiger partial charge in [-0.1, -0.05) is 13.8 Å². The van der Waals surface area contributed by atoms with E-state index in [1.807, 2.05) is 0 Å². The highest BCUT2D eigenvalue weighted by atomic mass is 16.3. The van der Waals surface area contributed by atoms with E-state index >= 15 is 0 Å². The summed E-state index contributed by atoms with van der Waals surface area (Å²) in [4.78, 5) is 7.67. The van der Waals surface area contributed by atoms with Crippen molar-refractivity contribution in [3.63, 3.8) is 0 Å². The van der Waals surface area contributed by atoms with Gasteiger partial charge < -0.3 is 10.2 Å². The van der Waals surface area contributed by atoms with Crippen LogP contribution in [-0.2, 0) is 0 Å². The van der Waals surface area contributed by atoms with Gasteiger partial charge in [-0.15, -0.1) is 0 Å². The van der Waals surface area contributed by atoms with Crippen molar-refractivity contribution in [2.24, 2.45) is 5.92 Å². The number of aliphatic hydroxyl groups is 2. The number of likely N-dealkylation sites (tertiary alicyclic amines) is 1. The first kappa shape index (κ1) is 15.7. The standard InChI is InChI=1S/C16H31N3O2/c1-13(2)7-18-8-14-6-15(21)9-19(14)16(12-18)10-17(11-16)4-3-5-20/h13-15,20-21H,3-12H2,1-2H3/t14-,15+/m0/s1. The van der Waals surface area contributed by atoms with Gasteiger partial charge in [-0.2, -0.15) is 0 Å². The Morgan fingerprint density at radius 3 is 2.52 bits per heavy atom. The van der Waals surface area contributed by atoms with Crippen molar-refractivity contribution in [2.75, 3.05) is 52.4 Å². The number of β-amino-alcohol motifs (C(OH)–C–C–N with tert-alkyl or cyclic N) is 1. The fraction of sp³-hybridized carbons (Fsp3) is 1.00. The lowest BCUT2D eigenvalue weighted by atomic mass is 9.83. The van der Waals surface area contributed by atoms with Crippen molar-refractivity contribution in [2.45, 2.75) is 44.4 Å². The predicted molar refractivity (Wildman–Crippen MR) is 83.3 cm³/mol. The number of fused-ring (bicyclic) bond motifs is 2. The summed E-state index contributed by atoms with van der Waals surface area (Å²) >= 11 is 0. The topological polar surface area (TPSA) is 50.2 Å². The van der Waals surface area contributed by atoms with E-state index in [1.165, 1.54) is 6.54 Å². The molecule has 21 heavy (non-hydrogen) atoms. The summed E-state index contributed by atoms with van der Waals surface area (Å²) in [6, 6.07) is 0.535. The summed E-state index contributed by atoms with van der Waals surface area (Å²) in [5.41, 5.74) is 0.255. The van der Waals surface area contributed by atoms with Crippen LogP contribution >= 0.6 is 0 Å². The predicted octanol–water partition coefficient (Wildman–Crippen LogP) is -0.170. The third kappa shape index (κ3) is 3.13. The lowest BCUT2D eigenvalue weighted by Gasteiger charge is -2.61. The average Bonchev–Trinajstić information content (AvgIpc) is 2.73. The number of aliphatic hydroxyl groups excluding tert-OH is 2. The molecule has 2 N–H and O–H groups in total. The number of hydrogen-bond donors (Lipinski definition) is 2. The second-order valence-electron chi connectivity index (χ2n) is 7.80. The van der Waals surface area contributed by atoms with Crippen LogP contribution in [0.15, 0.2) is 0 Å². The Morgan fingerprint density at radius 2 is 1.86 bits per heavy atom. The molecule has 122 valence electrons. The first-order valence-corrected chi connectivity index (χ1v) is 8.53. The quantitative estimate of drug-likeness (QED) is 0.738. The lowest BCUT2D eigenvalue weighted by Crippen LogP contribution is -2.78. The molecular weight excluding hydrogens is 266 g/mol. The molecule has 5 heteroatoms. The Balaban J connectivity index is 1.65. The fourth-order valence-electron chi connectivity index (χ4n) is 4.69. The van der Waals surface area contributed by atoms with Gasteiger partial charge >= 0.3 is 0 Å². The van der Waals surface area contributed by atoms with Crippen molar-refractivity contribution in [1.82, 2.24) is 14.7 Å². The molecule has 0 amide bonds. The summed E-state index contributed by atoms with van der Waals surface area (Å²) in [6.45, 7) is 12.4. The van der Waals surface area contributed by atoms with Crippen molar-refractivity contribution in [3.8, 4) is 0 Å². The number of piperazine rings is 1. The first-order valence-electron chi connectivity index (χ1n) is 8.53. The molecule has 0 unspecified atom stereocenters. The van der Waals surface area contributed by atoms with Gasteiger partial charge in [0.15, 0.2) is 0 Å². The zero-order valence-electron chi connectivity index (χ0n) is 13.5. The molecule has 0 aromatic heterocycles. The molecule has 3 aliphatic heterocycles. The Bertz CT molecular complexity index is 357. The minimum atomic E-state index is -0.141. The maximum Gasteiger partial charge on any atom is 0.0682 e. The maximum absolute atomic E-state index is 10.1. The van der Waals surface area contributed by atoms with Crippen molar-refractivity contribution in [3.05, 3.63) is 0 Å². The smallest absolute Gasteiger partial charge is 0.0682 e. The molecule has 0 aromatic carbocycles. The minimum Gasteiger partial charge on any atom is -0.396 e. The minimum absolute atomic E-state index is 0.141. The Kier molecular flexibility index (Phi) is 4.58. The highest BCUT2D eigenvalue weighted by Gasteiger charge is 2.55. The molecule has 3 rings (SSSR count). The molecule has 0 bridgehead atoms. The van der Waals surface area contributed by atoms with Gasteiger partial charge in [0, 0.05) is 58.5 Å². The van der Waals surface area contributed by atoms with Crippen LogP contribution < -0.4 is 0 Å². The molecule has 0 aliphatic carbocycles. The summed E-state index contributed by atoms with van der Waals surface area (Å²) in [6.07, 6.45) is 1.67. The van der Waals surface area contributed by atoms with E-state index in [-0.39, 0.29) is 18.2 Å². The third-order valence-electron chi connectivity index (χ3n) is 5.28. The van der Waals surface area contributed by atoms with Gasteiger partial charge in [0.1, 0.15) is 0 Å². The Labute approximate surface area is 128 Å². The molecule has 3 fully saturated rings. The van der Waals surface area contributed by atoms with Crippen molar-refractivity contribution >= 4 is 0 Å².